The Morgan fingerprint density at radius 2 is 1.86 bits per heavy atom. The van der Waals surface area contributed by atoms with E-state index in [0.717, 1.165) is 23.7 Å². The largest absolute Gasteiger partial charge is 0.325 e. The monoisotopic (exact) mass is 197 g/mol. The molecule has 1 saturated carbocycles. The molecule has 1 aliphatic carbocycles. The van der Waals surface area contributed by atoms with Gasteiger partial charge in [-0.3, -0.25) is 0 Å². The van der Waals surface area contributed by atoms with Crippen molar-refractivity contribution in [3.05, 3.63) is 0 Å². The minimum Gasteiger partial charge on any atom is -0.325 e. The van der Waals surface area contributed by atoms with Crippen molar-refractivity contribution in [1.82, 2.24) is 0 Å². The topological polar surface area (TPSA) is 26.0 Å². The van der Waals surface area contributed by atoms with Crippen LogP contribution < -0.4 is 5.73 Å². The third kappa shape index (κ3) is 2.50. The molecule has 4 unspecified atom stereocenters. The lowest BCUT2D eigenvalue weighted by molar-refractivity contribution is 0.257. The maximum Gasteiger partial charge on any atom is 0.0189 e. The standard InChI is InChI=1S/C13H27N/c1-6-12-8-13(12,14)7-10(4)11(5)9(2)3/h9-12H,6-8,14H2,1-5H3. The lowest BCUT2D eigenvalue weighted by Gasteiger charge is -2.26. The zero-order valence-electron chi connectivity index (χ0n) is 10.5. The minimum atomic E-state index is 0.206. The maximum absolute atomic E-state index is 6.34. The summed E-state index contributed by atoms with van der Waals surface area (Å²) in [6.07, 6.45) is 3.75. The van der Waals surface area contributed by atoms with Crippen molar-refractivity contribution in [2.75, 3.05) is 0 Å². The van der Waals surface area contributed by atoms with Crippen molar-refractivity contribution >= 4 is 0 Å². The maximum atomic E-state index is 6.34. The molecule has 0 radical (unpaired) electrons. The molecule has 1 heteroatoms. The highest BCUT2D eigenvalue weighted by molar-refractivity contribution is 5.07. The minimum absolute atomic E-state index is 0.206. The van der Waals surface area contributed by atoms with Gasteiger partial charge in [-0.25, -0.2) is 0 Å². The first-order chi connectivity index (χ1) is 6.40. The number of rotatable bonds is 5. The molecular weight excluding hydrogens is 170 g/mol. The van der Waals surface area contributed by atoms with E-state index in [4.69, 9.17) is 5.73 Å². The van der Waals surface area contributed by atoms with E-state index in [1.54, 1.807) is 0 Å². The van der Waals surface area contributed by atoms with Crippen LogP contribution >= 0.6 is 0 Å². The molecule has 0 heterocycles. The summed E-state index contributed by atoms with van der Waals surface area (Å²) < 4.78 is 0. The van der Waals surface area contributed by atoms with Crippen molar-refractivity contribution in [3.8, 4) is 0 Å². The second kappa shape index (κ2) is 4.22. The first-order valence-electron chi connectivity index (χ1n) is 6.19. The van der Waals surface area contributed by atoms with Crippen molar-refractivity contribution in [1.29, 1.82) is 0 Å². The van der Waals surface area contributed by atoms with E-state index < -0.39 is 0 Å². The molecule has 0 spiro atoms. The summed E-state index contributed by atoms with van der Waals surface area (Å²) in [6.45, 7) is 11.6. The molecule has 1 nitrogen and oxygen atoms in total. The summed E-state index contributed by atoms with van der Waals surface area (Å²) in [4.78, 5) is 0. The van der Waals surface area contributed by atoms with E-state index in [1.807, 2.05) is 0 Å². The van der Waals surface area contributed by atoms with Crippen molar-refractivity contribution in [2.24, 2.45) is 29.4 Å². The molecule has 0 amide bonds. The average molecular weight is 197 g/mol. The van der Waals surface area contributed by atoms with Gasteiger partial charge in [0.1, 0.15) is 0 Å². The molecule has 0 saturated heterocycles. The molecule has 2 N–H and O–H groups in total. The van der Waals surface area contributed by atoms with Crippen LogP contribution in [0.3, 0.4) is 0 Å². The Labute approximate surface area is 89.5 Å². The van der Waals surface area contributed by atoms with Gasteiger partial charge in [0, 0.05) is 5.54 Å². The van der Waals surface area contributed by atoms with Gasteiger partial charge in [-0.15, -0.1) is 0 Å². The molecule has 0 aliphatic heterocycles. The molecule has 1 aliphatic rings. The third-order valence-corrected chi connectivity index (χ3v) is 4.42. The van der Waals surface area contributed by atoms with Crippen molar-refractivity contribution in [2.45, 2.75) is 59.4 Å². The van der Waals surface area contributed by atoms with Crippen LogP contribution in [-0.4, -0.2) is 5.54 Å². The van der Waals surface area contributed by atoms with Crippen LogP contribution in [0.1, 0.15) is 53.9 Å². The van der Waals surface area contributed by atoms with Crippen LogP contribution in [0.2, 0.25) is 0 Å². The van der Waals surface area contributed by atoms with E-state index in [-0.39, 0.29) is 5.54 Å². The zero-order chi connectivity index (χ0) is 10.9. The van der Waals surface area contributed by atoms with E-state index in [0.29, 0.717) is 0 Å². The Morgan fingerprint density at radius 1 is 1.29 bits per heavy atom. The van der Waals surface area contributed by atoms with Crippen LogP contribution in [0.15, 0.2) is 0 Å². The van der Waals surface area contributed by atoms with Crippen LogP contribution in [0.25, 0.3) is 0 Å². The number of hydrogen-bond donors (Lipinski definition) is 1. The predicted molar refractivity (Wildman–Crippen MR) is 63.1 cm³/mol. The highest BCUT2D eigenvalue weighted by Gasteiger charge is 2.50. The highest BCUT2D eigenvalue weighted by atomic mass is 14.9. The fourth-order valence-electron chi connectivity index (χ4n) is 2.64. The fraction of sp³-hybridized carbons (Fsp3) is 1.00. The highest BCUT2D eigenvalue weighted by Crippen LogP contribution is 2.48. The van der Waals surface area contributed by atoms with Gasteiger partial charge in [-0.1, -0.05) is 41.0 Å². The Balaban J connectivity index is 2.38. The van der Waals surface area contributed by atoms with Gasteiger partial charge in [-0.05, 0) is 36.5 Å². The quantitative estimate of drug-likeness (QED) is 0.718. The summed E-state index contributed by atoms with van der Waals surface area (Å²) in [5, 5.41) is 0. The van der Waals surface area contributed by atoms with E-state index in [2.05, 4.69) is 34.6 Å². The van der Waals surface area contributed by atoms with E-state index in [1.165, 1.54) is 19.3 Å². The molecule has 1 fully saturated rings. The smallest absolute Gasteiger partial charge is 0.0189 e. The molecule has 0 aromatic heterocycles. The molecular formula is C13H27N. The van der Waals surface area contributed by atoms with E-state index in [9.17, 15) is 0 Å². The first kappa shape index (κ1) is 12.0. The number of nitrogens with two attached hydrogens (primary N) is 1. The lowest BCUT2D eigenvalue weighted by Crippen LogP contribution is -2.30. The fourth-order valence-corrected chi connectivity index (χ4v) is 2.64. The van der Waals surface area contributed by atoms with Gasteiger partial charge in [0.05, 0.1) is 0 Å². The number of hydrogen-bond acceptors (Lipinski definition) is 1. The zero-order valence-corrected chi connectivity index (χ0v) is 10.5. The first-order valence-corrected chi connectivity index (χ1v) is 6.19. The third-order valence-electron chi connectivity index (χ3n) is 4.42. The van der Waals surface area contributed by atoms with Crippen LogP contribution in [0.5, 0.6) is 0 Å². The normalized spacial score (nSPS) is 35.8. The van der Waals surface area contributed by atoms with Crippen LogP contribution in [0, 0.1) is 23.7 Å². The molecule has 0 aromatic rings. The van der Waals surface area contributed by atoms with Crippen LogP contribution in [0.4, 0.5) is 0 Å². The summed E-state index contributed by atoms with van der Waals surface area (Å²) in [5.74, 6) is 3.17. The summed E-state index contributed by atoms with van der Waals surface area (Å²) in [6, 6.07) is 0. The Hall–Kier alpha value is -0.0400. The average Bonchev–Trinajstić information content (AvgIpc) is 2.75. The van der Waals surface area contributed by atoms with Gasteiger partial charge in [0.25, 0.3) is 0 Å². The predicted octanol–water partition coefficient (Wildman–Crippen LogP) is 3.43. The second-order valence-corrected chi connectivity index (χ2v) is 5.83. The Kier molecular flexibility index (Phi) is 3.63. The van der Waals surface area contributed by atoms with Gasteiger partial charge < -0.3 is 5.73 Å². The molecule has 0 bridgehead atoms. The second-order valence-electron chi connectivity index (χ2n) is 5.83. The van der Waals surface area contributed by atoms with Gasteiger partial charge in [0.15, 0.2) is 0 Å². The van der Waals surface area contributed by atoms with Crippen LogP contribution in [-0.2, 0) is 0 Å². The molecule has 4 atom stereocenters. The van der Waals surface area contributed by atoms with E-state index >= 15 is 0 Å². The van der Waals surface area contributed by atoms with Gasteiger partial charge >= 0.3 is 0 Å². The van der Waals surface area contributed by atoms with Crippen molar-refractivity contribution in [3.63, 3.8) is 0 Å². The molecule has 1 rings (SSSR count). The van der Waals surface area contributed by atoms with Gasteiger partial charge in [-0.2, -0.15) is 0 Å². The summed E-state index contributed by atoms with van der Waals surface area (Å²) in [7, 11) is 0. The summed E-state index contributed by atoms with van der Waals surface area (Å²) >= 11 is 0. The summed E-state index contributed by atoms with van der Waals surface area (Å²) in [5.41, 5.74) is 6.55. The Bertz CT molecular complexity index is 188. The lowest BCUT2D eigenvalue weighted by atomic mass is 9.81. The molecule has 14 heavy (non-hydrogen) atoms. The van der Waals surface area contributed by atoms with Crippen molar-refractivity contribution < 1.29 is 0 Å². The molecule has 0 aromatic carbocycles. The SMILES string of the molecule is CCC1CC1(N)CC(C)C(C)C(C)C. The van der Waals surface area contributed by atoms with Gasteiger partial charge in [0.2, 0.25) is 0 Å². The molecule has 84 valence electrons. The Morgan fingerprint density at radius 3 is 2.21 bits per heavy atom.